The number of amides is 1. The number of carbonyl (C=O) groups is 1. The highest BCUT2D eigenvalue weighted by Gasteiger charge is 2.32. The third kappa shape index (κ3) is 5.20. The van der Waals surface area contributed by atoms with Crippen LogP contribution in [0.5, 0.6) is 0 Å². The number of sulfonamides is 1. The molecule has 1 atom stereocenters. The van der Waals surface area contributed by atoms with Crippen molar-refractivity contribution >= 4 is 38.9 Å². The minimum absolute atomic E-state index is 0.0913. The van der Waals surface area contributed by atoms with Gasteiger partial charge in [0, 0.05) is 18.0 Å². The molecule has 3 rings (SSSR count). The van der Waals surface area contributed by atoms with Crippen LogP contribution in [0.3, 0.4) is 0 Å². The summed E-state index contributed by atoms with van der Waals surface area (Å²) in [5.41, 5.74) is -0.617. The van der Waals surface area contributed by atoms with Crippen molar-refractivity contribution in [2.24, 2.45) is 0 Å². The molecule has 1 aliphatic rings. The van der Waals surface area contributed by atoms with E-state index in [-0.39, 0.29) is 16.6 Å². The number of halogens is 4. The lowest BCUT2D eigenvalue weighted by molar-refractivity contribution is -0.137. The smallest absolute Gasteiger partial charge is 0.368 e. The number of benzene rings is 2. The Hall–Kier alpha value is -2.30. The van der Waals surface area contributed by atoms with Gasteiger partial charge >= 0.3 is 6.18 Å². The van der Waals surface area contributed by atoms with Crippen molar-refractivity contribution in [2.75, 3.05) is 16.6 Å². The Morgan fingerprint density at radius 1 is 1.10 bits per heavy atom. The molecule has 6 nitrogen and oxygen atoms in total. The maximum atomic E-state index is 12.9. The summed E-state index contributed by atoms with van der Waals surface area (Å²) in [5, 5.41) is 2.31. The zero-order chi connectivity index (χ0) is 21.2. The summed E-state index contributed by atoms with van der Waals surface area (Å²) in [6.45, 7) is 0.525. The average molecular weight is 449 g/mol. The van der Waals surface area contributed by atoms with Gasteiger partial charge in [0.25, 0.3) is 15.9 Å². The van der Waals surface area contributed by atoms with Crippen molar-refractivity contribution in [3.8, 4) is 0 Å². The summed E-state index contributed by atoms with van der Waals surface area (Å²) in [4.78, 5) is 11.3. The Labute approximate surface area is 170 Å². The Bertz CT molecular complexity index is 1000. The predicted molar refractivity (Wildman–Crippen MR) is 101 cm³/mol. The number of rotatable bonds is 5. The van der Waals surface area contributed by atoms with Gasteiger partial charge in [0.2, 0.25) is 0 Å². The van der Waals surface area contributed by atoms with Crippen LogP contribution in [0, 0.1) is 0 Å². The first-order chi connectivity index (χ1) is 13.6. The maximum Gasteiger partial charge on any atom is 0.416 e. The molecule has 2 aromatic rings. The van der Waals surface area contributed by atoms with Crippen LogP contribution in [-0.2, 0) is 25.7 Å². The highest BCUT2D eigenvalue weighted by molar-refractivity contribution is 7.92. The van der Waals surface area contributed by atoms with Crippen LogP contribution in [0.1, 0.15) is 18.4 Å². The fourth-order valence-electron chi connectivity index (χ4n) is 2.72. The molecule has 0 radical (unpaired) electrons. The molecule has 0 saturated carbocycles. The van der Waals surface area contributed by atoms with Gasteiger partial charge in [-0.3, -0.25) is 9.52 Å². The largest absolute Gasteiger partial charge is 0.416 e. The van der Waals surface area contributed by atoms with E-state index in [1.165, 1.54) is 24.3 Å². The molecule has 1 aliphatic heterocycles. The molecule has 2 aromatic carbocycles. The summed E-state index contributed by atoms with van der Waals surface area (Å²) in [6.07, 6.45) is -3.80. The zero-order valence-corrected chi connectivity index (χ0v) is 16.4. The van der Waals surface area contributed by atoms with Gasteiger partial charge < -0.3 is 10.1 Å². The quantitative estimate of drug-likeness (QED) is 0.715. The fraction of sp³-hybridized carbons (Fsp3) is 0.278. The minimum Gasteiger partial charge on any atom is -0.368 e. The summed E-state index contributed by atoms with van der Waals surface area (Å²) in [6, 6.07) is 7.70. The van der Waals surface area contributed by atoms with E-state index in [1.54, 1.807) is 0 Å². The number of alkyl halides is 3. The highest BCUT2D eigenvalue weighted by atomic mass is 35.5. The molecule has 1 fully saturated rings. The van der Waals surface area contributed by atoms with Crippen molar-refractivity contribution < 1.29 is 31.1 Å². The molecule has 29 heavy (non-hydrogen) atoms. The molecule has 1 unspecified atom stereocenters. The molecule has 0 spiro atoms. The topological polar surface area (TPSA) is 84.5 Å². The van der Waals surface area contributed by atoms with Gasteiger partial charge in [-0.1, -0.05) is 11.6 Å². The lowest BCUT2D eigenvalue weighted by Crippen LogP contribution is -2.26. The van der Waals surface area contributed by atoms with Gasteiger partial charge in [0.1, 0.15) is 11.0 Å². The first-order valence-electron chi connectivity index (χ1n) is 8.48. The normalized spacial score (nSPS) is 17.2. The summed E-state index contributed by atoms with van der Waals surface area (Å²) < 4.78 is 71.0. The number of hydrogen-bond donors (Lipinski definition) is 2. The lowest BCUT2D eigenvalue weighted by atomic mass is 10.2. The second kappa shape index (κ2) is 8.21. The molecule has 1 saturated heterocycles. The van der Waals surface area contributed by atoms with E-state index in [4.69, 9.17) is 16.3 Å². The third-order valence-corrected chi connectivity index (χ3v) is 6.04. The van der Waals surface area contributed by atoms with Gasteiger partial charge in [-0.25, -0.2) is 8.42 Å². The third-order valence-electron chi connectivity index (χ3n) is 4.17. The second-order valence-electron chi connectivity index (χ2n) is 6.32. The van der Waals surface area contributed by atoms with Crippen LogP contribution in [0.25, 0.3) is 0 Å². The van der Waals surface area contributed by atoms with E-state index in [2.05, 4.69) is 10.0 Å². The molecule has 156 valence electrons. The number of ether oxygens (including phenoxy) is 1. The lowest BCUT2D eigenvalue weighted by Gasteiger charge is -2.13. The Kier molecular flexibility index (Phi) is 6.06. The summed E-state index contributed by atoms with van der Waals surface area (Å²) in [7, 11) is -4.37. The number of hydrogen-bond acceptors (Lipinski definition) is 4. The maximum absolute atomic E-state index is 12.9. The van der Waals surface area contributed by atoms with Gasteiger partial charge in [0.05, 0.1) is 10.6 Å². The first-order valence-corrected chi connectivity index (χ1v) is 10.3. The molecule has 0 aliphatic carbocycles. The van der Waals surface area contributed by atoms with Crippen LogP contribution in [0.4, 0.5) is 24.5 Å². The van der Waals surface area contributed by atoms with E-state index in [0.717, 1.165) is 12.5 Å². The molecule has 11 heteroatoms. The average Bonchev–Trinajstić information content (AvgIpc) is 3.17. The molecule has 0 aromatic heterocycles. The van der Waals surface area contributed by atoms with Crippen molar-refractivity contribution in [2.45, 2.75) is 30.0 Å². The van der Waals surface area contributed by atoms with Crippen molar-refractivity contribution in [1.29, 1.82) is 0 Å². The standard InChI is InChI=1S/C18H16ClF3N2O4S/c19-14-8-3-11(18(20,21)22)10-16(14)29(26,27)24-13-6-4-12(5-7-13)23-17(25)15-2-1-9-28-15/h3-8,10,15,24H,1-2,9H2,(H,23,25). The number of carbonyl (C=O) groups excluding carboxylic acids is 1. The Balaban J connectivity index is 1.74. The SMILES string of the molecule is O=C(Nc1ccc(NS(=O)(=O)c2cc(C(F)(F)F)ccc2Cl)cc1)C1CCCO1. The number of anilines is 2. The van der Waals surface area contributed by atoms with Crippen LogP contribution in [0.2, 0.25) is 5.02 Å². The summed E-state index contributed by atoms with van der Waals surface area (Å²) in [5.74, 6) is -0.299. The first kappa shape index (κ1) is 21.4. The minimum atomic E-state index is -4.71. The summed E-state index contributed by atoms with van der Waals surface area (Å²) >= 11 is 5.80. The Morgan fingerprint density at radius 2 is 1.76 bits per heavy atom. The predicted octanol–water partition coefficient (Wildman–Crippen LogP) is 4.28. The van der Waals surface area contributed by atoms with Crippen LogP contribution >= 0.6 is 11.6 Å². The molecular formula is C18H16ClF3N2O4S. The Morgan fingerprint density at radius 3 is 2.34 bits per heavy atom. The zero-order valence-electron chi connectivity index (χ0n) is 14.8. The number of nitrogens with one attached hydrogen (secondary N) is 2. The van der Waals surface area contributed by atoms with Crippen molar-refractivity contribution in [3.63, 3.8) is 0 Å². The molecule has 0 bridgehead atoms. The molecule has 1 heterocycles. The van der Waals surface area contributed by atoms with E-state index < -0.39 is 32.8 Å². The van der Waals surface area contributed by atoms with Gasteiger partial charge in [-0.05, 0) is 55.3 Å². The fourth-order valence-corrected chi connectivity index (χ4v) is 4.31. The van der Waals surface area contributed by atoms with Gasteiger partial charge in [0.15, 0.2) is 0 Å². The monoisotopic (exact) mass is 448 g/mol. The molecular weight excluding hydrogens is 433 g/mol. The molecule has 2 N–H and O–H groups in total. The highest BCUT2D eigenvalue weighted by Crippen LogP contribution is 2.34. The van der Waals surface area contributed by atoms with E-state index in [1.807, 2.05) is 0 Å². The van der Waals surface area contributed by atoms with E-state index in [9.17, 15) is 26.4 Å². The van der Waals surface area contributed by atoms with Crippen molar-refractivity contribution in [1.82, 2.24) is 0 Å². The van der Waals surface area contributed by atoms with Gasteiger partial charge in [-0.2, -0.15) is 13.2 Å². The van der Waals surface area contributed by atoms with Crippen LogP contribution < -0.4 is 10.0 Å². The van der Waals surface area contributed by atoms with E-state index in [0.29, 0.717) is 30.8 Å². The van der Waals surface area contributed by atoms with Crippen molar-refractivity contribution in [3.05, 3.63) is 53.1 Å². The second-order valence-corrected chi connectivity index (χ2v) is 8.37. The van der Waals surface area contributed by atoms with Gasteiger partial charge in [-0.15, -0.1) is 0 Å². The van der Waals surface area contributed by atoms with Crippen LogP contribution in [0.15, 0.2) is 47.4 Å². The van der Waals surface area contributed by atoms with E-state index >= 15 is 0 Å². The molecule has 1 amide bonds. The van der Waals surface area contributed by atoms with Crippen LogP contribution in [-0.4, -0.2) is 27.0 Å².